The molecule has 2 aromatic rings. The standard InChI is InChI=1S/C26H35Cl2N9O3/c1-2-14-13-36(24-21(28)33-20(23(30)34-24)25(39)31-17-4-5-18(17)38)11-12-37(14)15-7-9-35(10-8-15)26(40)16-3-6-19(27)32-22(16)29/h3,6,14-15,17-18,38H,2,4-5,7-13H2,1H3,(H2,29,32)(H2,30,34)(H,31,39)/t14-,17+,18-/m0/s1. The maximum Gasteiger partial charge on any atom is 0.274 e. The van der Waals surface area contributed by atoms with Crippen LogP contribution in [0.3, 0.4) is 0 Å². The van der Waals surface area contributed by atoms with Gasteiger partial charge in [0.1, 0.15) is 11.0 Å². The third kappa shape index (κ3) is 5.76. The number of pyridine rings is 1. The maximum atomic E-state index is 13.0. The van der Waals surface area contributed by atoms with Crippen LogP contribution in [0.5, 0.6) is 0 Å². The summed E-state index contributed by atoms with van der Waals surface area (Å²) in [4.78, 5) is 44.8. The number of piperidine rings is 1. The first-order valence-corrected chi connectivity index (χ1v) is 14.5. The van der Waals surface area contributed by atoms with Crippen LogP contribution < -0.4 is 21.7 Å². The number of anilines is 3. The van der Waals surface area contributed by atoms with Crippen molar-refractivity contribution in [1.82, 2.24) is 30.1 Å². The van der Waals surface area contributed by atoms with Crippen molar-refractivity contribution in [3.63, 3.8) is 0 Å². The number of piperazine rings is 1. The van der Waals surface area contributed by atoms with E-state index >= 15 is 0 Å². The molecule has 40 heavy (non-hydrogen) atoms. The van der Waals surface area contributed by atoms with E-state index in [1.54, 1.807) is 12.1 Å². The van der Waals surface area contributed by atoms with Gasteiger partial charge < -0.3 is 31.7 Å². The van der Waals surface area contributed by atoms with E-state index in [9.17, 15) is 14.7 Å². The highest BCUT2D eigenvalue weighted by Crippen LogP contribution is 2.30. The van der Waals surface area contributed by atoms with E-state index < -0.39 is 12.0 Å². The summed E-state index contributed by atoms with van der Waals surface area (Å²) >= 11 is 12.4. The molecule has 0 spiro atoms. The minimum absolute atomic E-state index is 0.00903. The summed E-state index contributed by atoms with van der Waals surface area (Å²) in [5.41, 5.74) is 12.4. The molecule has 0 radical (unpaired) electrons. The maximum absolute atomic E-state index is 13.0. The average Bonchev–Trinajstić information content (AvgIpc) is 2.95. The predicted molar refractivity (Wildman–Crippen MR) is 154 cm³/mol. The van der Waals surface area contributed by atoms with Gasteiger partial charge >= 0.3 is 0 Å². The van der Waals surface area contributed by atoms with E-state index in [0.717, 1.165) is 25.8 Å². The van der Waals surface area contributed by atoms with Crippen molar-refractivity contribution in [2.45, 2.75) is 63.3 Å². The first-order chi connectivity index (χ1) is 19.2. The predicted octanol–water partition coefficient (Wildman–Crippen LogP) is 1.80. The van der Waals surface area contributed by atoms with Crippen molar-refractivity contribution in [2.75, 3.05) is 49.1 Å². The number of aromatic nitrogens is 3. The number of carbonyl (C=O) groups is 2. The normalized spacial score (nSPS) is 24.1. The summed E-state index contributed by atoms with van der Waals surface area (Å²) in [6.07, 6.45) is 3.45. The van der Waals surface area contributed by atoms with Gasteiger partial charge in [-0.25, -0.2) is 15.0 Å². The van der Waals surface area contributed by atoms with E-state index in [1.807, 2.05) is 4.90 Å². The average molecular weight is 593 g/mol. The van der Waals surface area contributed by atoms with E-state index in [1.165, 1.54) is 0 Å². The molecule has 3 atom stereocenters. The topological polar surface area (TPSA) is 167 Å². The van der Waals surface area contributed by atoms with Crippen LogP contribution in [0.25, 0.3) is 0 Å². The second-order valence-electron chi connectivity index (χ2n) is 10.6. The number of nitrogens with two attached hydrogens (primary N) is 2. The van der Waals surface area contributed by atoms with E-state index in [2.05, 4.69) is 37.0 Å². The Bertz CT molecular complexity index is 1270. The molecule has 0 aromatic carbocycles. The Hall–Kier alpha value is -2.93. The van der Waals surface area contributed by atoms with Crippen LogP contribution in [0, 0.1) is 0 Å². The summed E-state index contributed by atoms with van der Waals surface area (Å²) in [6.45, 7) is 5.59. The van der Waals surface area contributed by atoms with Gasteiger partial charge in [0, 0.05) is 44.8 Å². The molecular formula is C26H35Cl2N9O3. The Morgan fingerprint density at radius 1 is 1.02 bits per heavy atom. The molecule has 1 saturated carbocycles. The van der Waals surface area contributed by atoms with Gasteiger partial charge in [-0.3, -0.25) is 14.5 Å². The third-order valence-electron chi connectivity index (χ3n) is 8.27. The Morgan fingerprint density at radius 2 is 1.77 bits per heavy atom. The number of nitrogens with zero attached hydrogens (tertiary/aromatic N) is 6. The third-order valence-corrected chi connectivity index (χ3v) is 8.74. The lowest BCUT2D eigenvalue weighted by molar-refractivity contribution is 0.0446. The molecular weight excluding hydrogens is 557 g/mol. The van der Waals surface area contributed by atoms with Gasteiger partial charge in [-0.2, -0.15) is 0 Å². The van der Waals surface area contributed by atoms with Crippen molar-refractivity contribution in [1.29, 1.82) is 0 Å². The van der Waals surface area contributed by atoms with Crippen LogP contribution in [-0.2, 0) is 0 Å². The number of likely N-dealkylation sites (tertiary alicyclic amines) is 1. The molecule has 12 nitrogen and oxygen atoms in total. The second-order valence-corrected chi connectivity index (χ2v) is 11.4. The molecule has 3 aliphatic rings. The van der Waals surface area contributed by atoms with Crippen LogP contribution in [0.1, 0.15) is 59.9 Å². The van der Waals surface area contributed by atoms with Gasteiger partial charge in [-0.15, -0.1) is 0 Å². The Morgan fingerprint density at radius 3 is 2.40 bits per heavy atom. The molecule has 216 valence electrons. The zero-order valence-corrected chi connectivity index (χ0v) is 23.9. The summed E-state index contributed by atoms with van der Waals surface area (Å²) in [5.74, 6) is 0.0129. The van der Waals surface area contributed by atoms with E-state index in [0.29, 0.717) is 56.4 Å². The smallest absolute Gasteiger partial charge is 0.274 e. The molecule has 2 aliphatic heterocycles. The van der Waals surface area contributed by atoms with Crippen LogP contribution >= 0.6 is 23.2 Å². The van der Waals surface area contributed by atoms with Gasteiger partial charge in [0.25, 0.3) is 11.8 Å². The number of nitrogen functional groups attached to an aromatic ring is 2. The SMILES string of the molecule is CC[C@H]1CN(c2nc(N)c(C(=O)N[C@@H]3CC[C@@H]3O)nc2Cl)CCN1C1CCN(C(=O)c2ccc(Cl)nc2N)CC1. The largest absolute Gasteiger partial charge is 0.391 e. The first-order valence-electron chi connectivity index (χ1n) is 13.7. The summed E-state index contributed by atoms with van der Waals surface area (Å²) in [5, 5.41) is 12.9. The summed E-state index contributed by atoms with van der Waals surface area (Å²) in [6, 6.07) is 3.50. The van der Waals surface area contributed by atoms with Crippen LogP contribution in [0.2, 0.25) is 10.3 Å². The number of hydrogen-bond acceptors (Lipinski definition) is 10. The molecule has 14 heteroatoms. The molecule has 1 aliphatic carbocycles. The van der Waals surface area contributed by atoms with E-state index in [4.69, 9.17) is 34.7 Å². The van der Waals surface area contributed by atoms with Gasteiger partial charge in [0.05, 0.1) is 17.7 Å². The minimum atomic E-state index is -0.553. The lowest BCUT2D eigenvalue weighted by Gasteiger charge is -2.47. The van der Waals surface area contributed by atoms with Crippen molar-refractivity contribution in [3.05, 3.63) is 33.7 Å². The summed E-state index contributed by atoms with van der Waals surface area (Å²) < 4.78 is 0. The quantitative estimate of drug-likeness (QED) is 0.363. The summed E-state index contributed by atoms with van der Waals surface area (Å²) in [7, 11) is 0. The van der Waals surface area contributed by atoms with Crippen molar-refractivity contribution < 1.29 is 14.7 Å². The van der Waals surface area contributed by atoms with E-state index in [-0.39, 0.29) is 45.6 Å². The van der Waals surface area contributed by atoms with Gasteiger partial charge in [-0.1, -0.05) is 30.1 Å². The van der Waals surface area contributed by atoms with Crippen LogP contribution in [0.4, 0.5) is 17.5 Å². The van der Waals surface area contributed by atoms with Crippen molar-refractivity contribution in [3.8, 4) is 0 Å². The van der Waals surface area contributed by atoms with Crippen molar-refractivity contribution in [2.24, 2.45) is 0 Å². The molecule has 2 amide bonds. The Kier molecular flexibility index (Phi) is 8.50. The number of carbonyl (C=O) groups excluding carboxylic acids is 2. The molecule has 2 aromatic heterocycles. The van der Waals surface area contributed by atoms with Gasteiger partial charge in [0.15, 0.2) is 22.5 Å². The molecule has 3 fully saturated rings. The van der Waals surface area contributed by atoms with Crippen molar-refractivity contribution >= 4 is 52.5 Å². The minimum Gasteiger partial charge on any atom is -0.391 e. The highest BCUT2D eigenvalue weighted by molar-refractivity contribution is 6.32. The number of rotatable bonds is 6. The van der Waals surface area contributed by atoms with Gasteiger partial charge in [-0.05, 0) is 44.2 Å². The number of halogens is 2. The lowest BCUT2D eigenvalue weighted by Crippen LogP contribution is -2.59. The lowest BCUT2D eigenvalue weighted by atomic mass is 9.89. The highest BCUT2D eigenvalue weighted by atomic mass is 35.5. The Labute approximate surface area is 243 Å². The molecule has 5 rings (SSSR count). The highest BCUT2D eigenvalue weighted by Gasteiger charge is 2.36. The molecule has 0 unspecified atom stereocenters. The fourth-order valence-corrected chi connectivity index (χ4v) is 6.18. The molecule has 0 bridgehead atoms. The molecule has 4 heterocycles. The zero-order chi connectivity index (χ0) is 28.6. The Balaban J connectivity index is 1.20. The number of aliphatic hydroxyl groups is 1. The van der Waals surface area contributed by atoms with Crippen LogP contribution in [0.15, 0.2) is 12.1 Å². The van der Waals surface area contributed by atoms with Gasteiger partial charge in [0.2, 0.25) is 0 Å². The zero-order valence-electron chi connectivity index (χ0n) is 22.4. The fraction of sp³-hybridized carbons (Fsp3) is 0.577. The number of hydrogen-bond donors (Lipinski definition) is 4. The molecule has 2 saturated heterocycles. The fourth-order valence-electron chi connectivity index (χ4n) is 5.78. The monoisotopic (exact) mass is 591 g/mol. The van der Waals surface area contributed by atoms with Crippen LogP contribution in [-0.4, -0.2) is 98.6 Å². The second kappa shape index (κ2) is 11.9. The number of nitrogens with one attached hydrogen (secondary N) is 1. The first kappa shape index (κ1) is 28.6. The number of aliphatic hydroxyl groups excluding tert-OH is 1. The number of amides is 2. The molecule has 6 N–H and O–H groups in total.